The number of ether oxygens (including phenoxy) is 2. The molecule has 1 aliphatic carbocycles. The number of esters is 1. The molecule has 0 radical (unpaired) electrons. The zero-order chi connectivity index (χ0) is 16.0. The number of Topliss-reactive ketones (excluding diaryl/α,β-unsaturated/α-hetero) is 1. The van der Waals surface area contributed by atoms with E-state index < -0.39 is 23.7 Å². The van der Waals surface area contributed by atoms with Gasteiger partial charge in [-0.3, -0.25) is 4.79 Å². The minimum Gasteiger partial charge on any atom is -0.467 e. The van der Waals surface area contributed by atoms with Crippen LogP contribution in [0.15, 0.2) is 0 Å². The number of carbonyl (C=O) groups excluding carboxylic acids is 3. The molecule has 6 heteroatoms. The van der Waals surface area contributed by atoms with E-state index in [9.17, 15) is 14.4 Å². The first-order valence-electron chi connectivity index (χ1n) is 7.33. The summed E-state index contributed by atoms with van der Waals surface area (Å²) in [6.45, 7) is 5.22. The summed E-state index contributed by atoms with van der Waals surface area (Å²) in [6.07, 6.45) is 2.76. The van der Waals surface area contributed by atoms with Gasteiger partial charge < -0.3 is 14.8 Å². The second-order valence-electron chi connectivity index (χ2n) is 6.37. The zero-order valence-corrected chi connectivity index (χ0v) is 13.2. The summed E-state index contributed by atoms with van der Waals surface area (Å²) in [5.41, 5.74) is -0.647. The molecule has 0 spiro atoms. The first-order chi connectivity index (χ1) is 9.73. The van der Waals surface area contributed by atoms with E-state index >= 15 is 0 Å². The largest absolute Gasteiger partial charge is 0.467 e. The number of nitrogens with one attached hydrogen (secondary N) is 1. The number of hydrogen-bond donors (Lipinski definition) is 1. The Morgan fingerprint density at radius 3 is 2.52 bits per heavy atom. The summed E-state index contributed by atoms with van der Waals surface area (Å²) in [5.74, 6) is -0.599. The van der Waals surface area contributed by atoms with E-state index in [-0.39, 0.29) is 18.1 Å². The van der Waals surface area contributed by atoms with Gasteiger partial charge in [0.2, 0.25) is 0 Å². The van der Waals surface area contributed by atoms with E-state index in [0.717, 1.165) is 19.3 Å². The number of carbonyl (C=O) groups is 3. The van der Waals surface area contributed by atoms with Crippen LogP contribution in [-0.4, -0.2) is 36.6 Å². The summed E-state index contributed by atoms with van der Waals surface area (Å²) in [5, 5.41) is 2.50. The molecule has 1 saturated carbocycles. The Hall–Kier alpha value is -1.59. The van der Waals surface area contributed by atoms with Crippen molar-refractivity contribution in [2.45, 2.75) is 64.5 Å². The van der Waals surface area contributed by atoms with Crippen molar-refractivity contribution in [3.05, 3.63) is 0 Å². The van der Waals surface area contributed by atoms with Crippen molar-refractivity contribution in [1.82, 2.24) is 5.32 Å². The molecule has 0 aromatic rings. The Morgan fingerprint density at radius 2 is 2.00 bits per heavy atom. The molecular formula is C15H25NO5. The quantitative estimate of drug-likeness (QED) is 0.805. The van der Waals surface area contributed by atoms with Crippen LogP contribution in [0.2, 0.25) is 0 Å². The molecule has 0 heterocycles. The topological polar surface area (TPSA) is 81.7 Å². The molecule has 1 aliphatic rings. The molecule has 0 aromatic heterocycles. The van der Waals surface area contributed by atoms with E-state index in [1.165, 1.54) is 7.11 Å². The number of alkyl carbamates (subject to hydrolysis) is 1. The second kappa shape index (κ2) is 7.43. The van der Waals surface area contributed by atoms with Gasteiger partial charge in [-0.2, -0.15) is 0 Å². The average Bonchev–Trinajstić information content (AvgIpc) is 2.37. The van der Waals surface area contributed by atoms with Crippen LogP contribution in [0.1, 0.15) is 52.9 Å². The maximum absolute atomic E-state index is 11.9. The van der Waals surface area contributed by atoms with Gasteiger partial charge in [-0.05, 0) is 40.0 Å². The van der Waals surface area contributed by atoms with Crippen LogP contribution in [0.5, 0.6) is 0 Å². The highest BCUT2D eigenvalue weighted by Crippen LogP contribution is 2.25. The van der Waals surface area contributed by atoms with E-state index in [0.29, 0.717) is 6.42 Å². The van der Waals surface area contributed by atoms with E-state index in [1.54, 1.807) is 20.8 Å². The van der Waals surface area contributed by atoms with Crippen LogP contribution in [0, 0.1) is 5.92 Å². The minimum absolute atomic E-state index is 0.154. The number of amides is 1. The molecule has 0 aromatic carbocycles. The molecule has 1 rings (SSSR count). The first kappa shape index (κ1) is 17.5. The van der Waals surface area contributed by atoms with Gasteiger partial charge in [-0.25, -0.2) is 9.59 Å². The van der Waals surface area contributed by atoms with Crippen LogP contribution in [0.4, 0.5) is 4.79 Å². The van der Waals surface area contributed by atoms with Crippen LogP contribution >= 0.6 is 0 Å². The van der Waals surface area contributed by atoms with Crippen LogP contribution in [0.25, 0.3) is 0 Å². The van der Waals surface area contributed by atoms with Gasteiger partial charge in [0.05, 0.1) is 7.11 Å². The molecular weight excluding hydrogens is 274 g/mol. The van der Waals surface area contributed by atoms with Gasteiger partial charge in [0, 0.05) is 12.3 Å². The maximum Gasteiger partial charge on any atom is 0.408 e. The van der Waals surface area contributed by atoms with Gasteiger partial charge >= 0.3 is 12.1 Å². The monoisotopic (exact) mass is 299 g/mol. The molecule has 0 bridgehead atoms. The van der Waals surface area contributed by atoms with Crippen molar-refractivity contribution in [3.63, 3.8) is 0 Å². The van der Waals surface area contributed by atoms with Crippen molar-refractivity contribution >= 4 is 17.8 Å². The Morgan fingerprint density at radius 1 is 1.33 bits per heavy atom. The third kappa shape index (κ3) is 6.14. The second-order valence-corrected chi connectivity index (χ2v) is 6.37. The predicted octanol–water partition coefficient (Wildman–Crippen LogP) is 2.20. The normalized spacial score (nSPS) is 20.6. The summed E-state index contributed by atoms with van der Waals surface area (Å²) in [6, 6.07) is -0.850. The van der Waals surface area contributed by atoms with Gasteiger partial charge in [-0.15, -0.1) is 0 Å². The fraction of sp³-hybridized carbons (Fsp3) is 0.800. The summed E-state index contributed by atoms with van der Waals surface area (Å²) < 4.78 is 9.84. The standard InChI is InChI=1S/C15H25NO5/c1-15(2,3)21-14(19)16-11(13(18)20-4)9-10-7-5-6-8-12(10)17/h10-11H,5-9H2,1-4H3,(H,16,19)/t10-,11-/m0/s1. The Kier molecular flexibility index (Phi) is 6.18. The molecule has 21 heavy (non-hydrogen) atoms. The molecule has 2 atom stereocenters. The van der Waals surface area contributed by atoms with Crippen LogP contribution < -0.4 is 5.32 Å². The highest BCUT2D eigenvalue weighted by atomic mass is 16.6. The first-order valence-corrected chi connectivity index (χ1v) is 7.33. The zero-order valence-electron chi connectivity index (χ0n) is 13.2. The average molecular weight is 299 g/mol. The molecule has 0 unspecified atom stereocenters. The molecule has 6 nitrogen and oxygen atoms in total. The van der Waals surface area contributed by atoms with Crippen molar-refractivity contribution in [2.75, 3.05) is 7.11 Å². The minimum atomic E-state index is -0.850. The smallest absolute Gasteiger partial charge is 0.408 e. The van der Waals surface area contributed by atoms with Crippen LogP contribution in [0.3, 0.4) is 0 Å². The molecule has 1 fully saturated rings. The summed E-state index contributed by atoms with van der Waals surface area (Å²) >= 11 is 0. The number of ketones is 1. The van der Waals surface area contributed by atoms with Crippen molar-refractivity contribution in [3.8, 4) is 0 Å². The van der Waals surface area contributed by atoms with Crippen molar-refractivity contribution < 1.29 is 23.9 Å². The van der Waals surface area contributed by atoms with Gasteiger partial charge in [0.1, 0.15) is 17.4 Å². The lowest BCUT2D eigenvalue weighted by Crippen LogP contribution is -2.45. The Labute approximate surface area is 125 Å². The third-order valence-corrected chi connectivity index (χ3v) is 3.38. The van der Waals surface area contributed by atoms with Crippen molar-refractivity contribution in [1.29, 1.82) is 0 Å². The van der Waals surface area contributed by atoms with E-state index in [4.69, 9.17) is 9.47 Å². The number of rotatable bonds is 4. The molecule has 0 saturated heterocycles. The molecule has 120 valence electrons. The Balaban J connectivity index is 2.65. The van der Waals surface area contributed by atoms with E-state index in [1.807, 2.05) is 0 Å². The van der Waals surface area contributed by atoms with Gasteiger partial charge in [-0.1, -0.05) is 6.42 Å². The molecule has 1 N–H and O–H groups in total. The van der Waals surface area contributed by atoms with Crippen LogP contribution in [-0.2, 0) is 19.1 Å². The van der Waals surface area contributed by atoms with Gasteiger partial charge in [0.25, 0.3) is 0 Å². The predicted molar refractivity (Wildman–Crippen MR) is 76.8 cm³/mol. The lowest BCUT2D eigenvalue weighted by molar-refractivity contribution is -0.144. The highest BCUT2D eigenvalue weighted by molar-refractivity contribution is 5.85. The third-order valence-electron chi connectivity index (χ3n) is 3.38. The lowest BCUT2D eigenvalue weighted by Gasteiger charge is -2.26. The van der Waals surface area contributed by atoms with Crippen molar-refractivity contribution in [2.24, 2.45) is 5.92 Å². The lowest BCUT2D eigenvalue weighted by atomic mass is 9.83. The summed E-state index contributed by atoms with van der Waals surface area (Å²) in [4.78, 5) is 35.4. The molecule has 1 amide bonds. The Bertz CT molecular complexity index is 399. The molecule has 0 aliphatic heterocycles. The fourth-order valence-corrected chi connectivity index (χ4v) is 2.40. The number of methoxy groups -OCH3 is 1. The number of hydrogen-bond acceptors (Lipinski definition) is 5. The van der Waals surface area contributed by atoms with E-state index in [2.05, 4.69) is 5.32 Å². The SMILES string of the molecule is COC(=O)[C@H](C[C@@H]1CCCCC1=O)NC(=O)OC(C)(C)C. The summed E-state index contributed by atoms with van der Waals surface area (Å²) in [7, 11) is 1.26. The van der Waals surface area contributed by atoms with Gasteiger partial charge in [0.15, 0.2) is 0 Å². The highest BCUT2D eigenvalue weighted by Gasteiger charge is 2.31. The fourth-order valence-electron chi connectivity index (χ4n) is 2.40. The maximum atomic E-state index is 11.9.